The molecule has 1 aromatic heterocycles. The molecule has 0 unspecified atom stereocenters. The molecule has 9 nitrogen and oxygen atoms in total. The fourth-order valence-electron chi connectivity index (χ4n) is 1.66. The van der Waals surface area contributed by atoms with Crippen molar-refractivity contribution in [2.75, 3.05) is 25.2 Å². The summed E-state index contributed by atoms with van der Waals surface area (Å²) in [4.78, 5) is 23.9. The number of nitrogens with zero attached hydrogens (tertiary/aromatic N) is 3. The summed E-state index contributed by atoms with van der Waals surface area (Å²) in [5, 5.41) is 8.77. The van der Waals surface area contributed by atoms with Crippen molar-refractivity contribution in [3.63, 3.8) is 0 Å². The number of hydrogen-bond donors (Lipinski definition) is 3. The van der Waals surface area contributed by atoms with Crippen LogP contribution in [-0.4, -0.2) is 36.4 Å². The lowest BCUT2D eigenvalue weighted by atomic mass is 10.3. The molecule has 0 fully saturated rings. The molecule has 1 heterocycles. The van der Waals surface area contributed by atoms with Gasteiger partial charge in [-0.3, -0.25) is 0 Å². The smallest absolute Gasteiger partial charge is 0.318 e. The number of amides is 2. The minimum absolute atomic E-state index is 0.204. The highest BCUT2D eigenvalue weighted by Gasteiger charge is 2.12. The molecule has 2 amide bonds. The number of benzene rings is 1. The number of nitrogen functional groups attached to an aromatic ring is 1. The average Bonchev–Trinajstić information content (AvgIpc) is 2.56. The van der Waals surface area contributed by atoms with Crippen molar-refractivity contribution < 1.29 is 14.4 Å². The highest BCUT2D eigenvalue weighted by molar-refractivity contribution is 9.10. The van der Waals surface area contributed by atoms with Crippen molar-refractivity contribution in [2.24, 2.45) is 5.16 Å². The second kappa shape index (κ2) is 8.11. The Hall–Kier alpha value is -2.88. The summed E-state index contributed by atoms with van der Waals surface area (Å²) in [6.07, 6.45) is 2.64. The fraction of sp³-hybridized carbons (Fsp3) is 0.143. The Bertz CT molecular complexity index is 768. The molecule has 0 aliphatic rings. The maximum atomic E-state index is 11.3. The van der Waals surface area contributed by atoms with Crippen LogP contribution in [0.25, 0.3) is 0 Å². The highest BCUT2D eigenvalue weighted by Crippen LogP contribution is 2.32. The number of carbonyl (C=O) groups excluding carboxylic acids is 1. The number of aromatic nitrogens is 2. The first kappa shape index (κ1) is 17.5. The van der Waals surface area contributed by atoms with Gasteiger partial charge in [0.15, 0.2) is 0 Å². The largest absolute Gasteiger partial charge is 0.437 e. The number of carbonyl (C=O) groups is 1. The summed E-state index contributed by atoms with van der Waals surface area (Å²) >= 11 is 3.38. The molecule has 0 spiro atoms. The summed E-state index contributed by atoms with van der Waals surface area (Å²) < 4.78 is 6.37. The molecule has 4 N–H and O–H groups in total. The van der Waals surface area contributed by atoms with E-state index >= 15 is 0 Å². The SMILES string of the molecule is CNC(=O)Nc1ccc(Oc2ncnc(N)c2/C=N/OC)c(Br)c1. The Morgan fingerprint density at radius 1 is 1.42 bits per heavy atom. The molecule has 0 aliphatic heterocycles. The van der Waals surface area contributed by atoms with Crippen LogP contribution in [0.1, 0.15) is 5.56 Å². The molecule has 0 bridgehead atoms. The summed E-state index contributed by atoms with van der Waals surface area (Å²) in [5.74, 6) is 0.897. The van der Waals surface area contributed by atoms with E-state index in [-0.39, 0.29) is 17.7 Å². The first-order valence-electron chi connectivity index (χ1n) is 6.68. The lowest BCUT2D eigenvalue weighted by Crippen LogP contribution is -2.24. The van der Waals surface area contributed by atoms with E-state index in [1.54, 1.807) is 18.2 Å². The average molecular weight is 395 g/mol. The standard InChI is InChI=1S/C14H15BrN6O3/c1-17-14(22)21-8-3-4-11(10(15)5-8)24-13-9(6-20-23-2)12(16)18-7-19-13/h3-7H,1-2H3,(H2,16,18,19)(H2,17,21,22)/b20-6+. The van der Waals surface area contributed by atoms with E-state index in [2.05, 4.69) is 46.5 Å². The van der Waals surface area contributed by atoms with Crippen LogP contribution in [0.4, 0.5) is 16.3 Å². The normalized spacial score (nSPS) is 10.5. The van der Waals surface area contributed by atoms with Gasteiger partial charge in [-0.2, -0.15) is 0 Å². The number of hydrogen-bond acceptors (Lipinski definition) is 7. The van der Waals surface area contributed by atoms with Crippen LogP contribution < -0.4 is 21.1 Å². The van der Waals surface area contributed by atoms with Crippen LogP contribution in [0.2, 0.25) is 0 Å². The zero-order chi connectivity index (χ0) is 17.5. The first-order valence-corrected chi connectivity index (χ1v) is 7.47. The van der Waals surface area contributed by atoms with Crippen molar-refractivity contribution in [1.29, 1.82) is 0 Å². The van der Waals surface area contributed by atoms with E-state index in [0.29, 0.717) is 21.5 Å². The van der Waals surface area contributed by atoms with Gasteiger partial charge in [-0.05, 0) is 34.1 Å². The molecular weight excluding hydrogens is 380 g/mol. The first-order chi connectivity index (χ1) is 11.5. The van der Waals surface area contributed by atoms with Gasteiger partial charge < -0.3 is 25.9 Å². The molecule has 126 valence electrons. The quantitative estimate of drug-likeness (QED) is 0.528. The Morgan fingerprint density at radius 3 is 2.88 bits per heavy atom. The summed E-state index contributed by atoms with van der Waals surface area (Å²) in [6, 6.07) is 4.73. The molecule has 0 radical (unpaired) electrons. The van der Waals surface area contributed by atoms with Gasteiger partial charge in [0.05, 0.1) is 10.7 Å². The second-order valence-corrected chi connectivity index (χ2v) is 5.20. The predicted molar refractivity (Wildman–Crippen MR) is 93.3 cm³/mol. The summed E-state index contributed by atoms with van der Waals surface area (Å²) in [6.45, 7) is 0. The number of halogens is 1. The van der Waals surface area contributed by atoms with E-state index in [9.17, 15) is 4.79 Å². The molecule has 24 heavy (non-hydrogen) atoms. The van der Waals surface area contributed by atoms with Crippen LogP contribution in [-0.2, 0) is 4.84 Å². The molecule has 10 heteroatoms. The van der Waals surface area contributed by atoms with Crippen LogP contribution >= 0.6 is 15.9 Å². The molecular formula is C14H15BrN6O3. The second-order valence-electron chi connectivity index (χ2n) is 4.35. The molecule has 0 saturated carbocycles. The maximum Gasteiger partial charge on any atom is 0.318 e. The van der Waals surface area contributed by atoms with Gasteiger partial charge in [0.1, 0.15) is 30.6 Å². The third kappa shape index (κ3) is 4.32. The number of nitrogens with one attached hydrogen (secondary N) is 2. The van der Waals surface area contributed by atoms with Crippen LogP contribution in [0.3, 0.4) is 0 Å². The Labute approximate surface area is 146 Å². The Balaban J connectivity index is 2.27. The zero-order valence-electron chi connectivity index (χ0n) is 12.9. The van der Waals surface area contributed by atoms with Crippen LogP contribution in [0.5, 0.6) is 11.6 Å². The van der Waals surface area contributed by atoms with Gasteiger partial charge in [0.25, 0.3) is 0 Å². The minimum Gasteiger partial charge on any atom is -0.437 e. The lowest BCUT2D eigenvalue weighted by molar-refractivity contribution is 0.215. The predicted octanol–water partition coefficient (Wildman–Crippen LogP) is 2.35. The van der Waals surface area contributed by atoms with E-state index in [1.165, 1.54) is 26.7 Å². The van der Waals surface area contributed by atoms with Crippen molar-refractivity contribution in [2.45, 2.75) is 0 Å². The van der Waals surface area contributed by atoms with Gasteiger partial charge >= 0.3 is 6.03 Å². The van der Waals surface area contributed by atoms with Crippen molar-refractivity contribution in [1.82, 2.24) is 15.3 Å². The Kier molecular flexibility index (Phi) is 5.90. The fourth-order valence-corrected chi connectivity index (χ4v) is 2.12. The molecule has 2 rings (SSSR count). The van der Waals surface area contributed by atoms with Gasteiger partial charge in [-0.15, -0.1) is 0 Å². The third-order valence-electron chi connectivity index (χ3n) is 2.79. The monoisotopic (exact) mass is 394 g/mol. The Morgan fingerprint density at radius 2 is 2.21 bits per heavy atom. The topological polar surface area (TPSA) is 124 Å². The van der Waals surface area contributed by atoms with E-state index in [0.717, 1.165) is 0 Å². The van der Waals surface area contributed by atoms with E-state index in [4.69, 9.17) is 10.5 Å². The molecule has 0 atom stereocenters. The van der Waals surface area contributed by atoms with Gasteiger partial charge in [-0.1, -0.05) is 5.16 Å². The third-order valence-corrected chi connectivity index (χ3v) is 3.41. The molecule has 1 aromatic carbocycles. The number of anilines is 2. The van der Waals surface area contributed by atoms with E-state index < -0.39 is 0 Å². The van der Waals surface area contributed by atoms with Crippen LogP contribution in [0.15, 0.2) is 34.2 Å². The van der Waals surface area contributed by atoms with Crippen molar-refractivity contribution >= 4 is 39.7 Å². The summed E-state index contributed by atoms with van der Waals surface area (Å²) in [7, 11) is 2.94. The van der Waals surface area contributed by atoms with Gasteiger partial charge in [0, 0.05) is 12.7 Å². The number of urea groups is 1. The van der Waals surface area contributed by atoms with Crippen molar-refractivity contribution in [3.8, 4) is 11.6 Å². The molecule has 0 saturated heterocycles. The number of oxime groups is 1. The molecule has 2 aromatic rings. The van der Waals surface area contributed by atoms with E-state index in [1.807, 2.05) is 0 Å². The number of rotatable bonds is 5. The molecule has 0 aliphatic carbocycles. The number of nitrogens with two attached hydrogens (primary N) is 1. The lowest BCUT2D eigenvalue weighted by Gasteiger charge is -2.11. The van der Waals surface area contributed by atoms with Gasteiger partial charge in [0.2, 0.25) is 5.88 Å². The highest BCUT2D eigenvalue weighted by atomic mass is 79.9. The van der Waals surface area contributed by atoms with Crippen molar-refractivity contribution in [3.05, 3.63) is 34.6 Å². The maximum absolute atomic E-state index is 11.3. The van der Waals surface area contributed by atoms with Gasteiger partial charge in [-0.25, -0.2) is 14.8 Å². The summed E-state index contributed by atoms with van der Waals surface area (Å²) in [5.41, 5.74) is 6.79. The minimum atomic E-state index is -0.322. The zero-order valence-corrected chi connectivity index (χ0v) is 14.5. The number of ether oxygens (including phenoxy) is 1. The van der Waals surface area contributed by atoms with Crippen LogP contribution in [0, 0.1) is 0 Å².